The number of benzene rings is 2. The highest BCUT2D eigenvalue weighted by Gasteiger charge is 2.33. The van der Waals surface area contributed by atoms with Crippen molar-refractivity contribution in [2.75, 3.05) is 17.2 Å². The van der Waals surface area contributed by atoms with Crippen LogP contribution in [0.2, 0.25) is 5.02 Å². The molecule has 24 heavy (non-hydrogen) atoms. The van der Waals surface area contributed by atoms with Crippen molar-refractivity contribution >= 4 is 40.3 Å². The molecule has 0 amide bonds. The standard InChI is InChI=1S/C16H14ClF3N2OS/c1-2-23-14-6-4-3-5-13(14)22-15(24)21-10-7-8-12(17)11(9-10)16(18,19)20/h3-9H,2H2,1H3,(H2,21,22,24). The molecule has 2 aromatic carbocycles. The second-order valence-corrected chi connectivity index (χ2v) is 5.52. The number of alkyl halides is 3. The van der Waals surface area contributed by atoms with E-state index in [1.165, 1.54) is 12.1 Å². The summed E-state index contributed by atoms with van der Waals surface area (Å²) in [4.78, 5) is 0. The van der Waals surface area contributed by atoms with Gasteiger partial charge in [-0.05, 0) is 49.5 Å². The Bertz CT molecular complexity index is 738. The lowest BCUT2D eigenvalue weighted by Gasteiger charge is -2.15. The molecule has 0 fully saturated rings. The van der Waals surface area contributed by atoms with Crippen LogP contribution in [0, 0.1) is 0 Å². The molecule has 0 aliphatic heterocycles. The highest BCUT2D eigenvalue weighted by molar-refractivity contribution is 7.80. The van der Waals surface area contributed by atoms with Crippen LogP contribution >= 0.6 is 23.8 Å². The van der Waals surface area contributed by atoms with Crippen molar-refractivity contribution in [3.05, 3.63) is 53.1 Å². The van der Waals surface area contributed by atoms with Gasteiger partial charge in [0.25, 0.3) is 0 Å². The maximum absolute atomic E-state index is 12.9. The first-order chi connectivity index (χ1) is 11.3. The monoisotopic (exact) mass is 374 g/mol. The average molecular weight is 375 g/mol. The highest BCUT2D eigenvalue weighted by Crippen LogP contribution is 2.36. The second-order valence-electron chi connectivity index (χ2n) is 4.70. The predicted molar refractivity (Wildman–Crippen MR) is 93.9 cm³/mol. The van der Waals surface area contributed by atoms with Gasteiger partial charge in [-0.15, -0.1) is 0 Å². The van der Waals surface area contributed by atoms with E-state index in [1.807, 2.05) is 6.92 Å². The first-order valence-corrected chi connectivity index (χ1v) is 7.76. The molecule has 0 atom stereocenters. The van der Waals surface area contributed by atoms with Crippen LogP contribution in [0.25, 0.3) is 0 Å². The molecule has 0 aliphatic rings. The Morgan fingerprint density at radius 3 is 2.54 bits per heavy atom. The van der Waals surface area contributed by atoms with Gasteiger partial charge in [-0.1, -0.05) is 23.7 Å². The van der Waals surface area contributed by atoms with Crippen LogP contribution in [0.3, 0.4) is 0 Å². The summed E-state index contributed by atoms with van der Waals surface area (Å²) in [5.74, 6) is 0.594. The molecule has 128 valence electrons. The number of hydrogen-bond donors (Lipinski definition) is 2. The smallest absolute Gasteiger partial charge is 0.417 e. The van der Waals surface area contributed by atoms with Gasteiger partial charge in [-0.3, -0.25) is 0 Å². The maximum Gasteiger partial charge on any atom is 0.417 e. The van der Waals surface area contributed by atoms with Gasteiger partial charge < -0.3 is 15.4 Å². The van der Waals surface area contributed by atoms with Gasteiger partial charge in [0, 0.05) is 5.69 Å². The molecule has 0 saturated carbocycles. The van der Waals surface area contributed by atoms with E-state index in [-0.39, 0.29) is 15.8 Å². The van der Waals surface area contributed by atoms with E-state index in [4.69, 9.17) is 28.6 Å². The SMILES string of the molecule is CCOc1ccccc1NC(=S)Nc1ccc(Cl)c(C(F)(F)F)c1. The Balaban J connectivity index is 2.14. The van der Waals surface area contributed by atoms with Gasteiger partial charge in [0.05, 0.1) is 22.9 Å². The van der Waals surface area contributed by atoms with E-state index < -0.39 is 11.7 Å². The summed E-state index contributed by atoms with van der Waals surface area (Å²) in [7, 11) is 0. The molecule has 3 nitrogen and oxygen atoms in total. The quantitative estimate of drug-likeness (QED) is 0.686. The fraction of sp³-hybridized carbons (Fsp3) is 0.188. The van der Waals surface area contributed by atoms with Gasteiger partial charge >= 0.3 is 6.18 Å². The minimum atomic E-state index is -4.54. The molecule has 0 radical (unpaired) electrons. The fourth-order valence-electron chi connectivity index (χ4n) is 1.96. The maximum atomic E-state index is 12.9. The summed E-state index contributed by atoms with van der Waals surface area (Å²) in [5, 5.41) is 5.37. The van der Waals surface area contributed by atoms with E-state index in [1.54, 1.807) is 24.3 Å². The molecule has 0 unspecified atom stereocenters. The molecule has 0 aliphatic carbocycles. The summed E-state index contributed by atoms with van der Waals surface area (Å²) in [6.45, 7) is 2.32. The van der Waals surface area contributed by atoms with Crippen LogP contribution in [-0.2, 0) is 6.18 Å². The number of halogens is 4. The van der Waals surface area contributed by atoms with Crippen molar-refractivity contribution < 1.29 is 17.9 Å². The van der Waals surface area contributed by atoms with Crippen molar-refractivity contribution in [1.82, 2.24) is 0 Å². The Morgan fingerprint density at radius 2 is 1.88 bits per heavy atom. The van der Waals surface area contributed by atoms with Crippen molar-refractivity contribution in [3.63, 3.8) is 0 Å². The molecular formula is C16H14ClF3N2OS. The van der Waals surface area contributed by atoms with E-state index in [0.29, 0.717) is 18.0 Å². The van der Waals surface area contributed by atoms with E-state index in [2.05, 4.69) is 10.6 Å². The lowest BCUT2D eigenvalue weighted by atomic mass is 10.2. The number of anilines is 2. The molecule has 0 heterocycles. The number of hydrogen-bond acceptors (Lipinski definition) is 2. The average Bonchev–Trinajstić information content (AvgIpc) is 2.50. The highest BCUT2D eigenvalue weighted by atomic mass is 35.5. The largest absolute Gasteiger partial charge is 0.492 e. The van der Waals surface area contributed by atoms with E-state index >= 15 is 0 Å². The summed E-state index contributed by atoms with van der Waals surface area (Å²) < 4.78 is 44.1. The minimum absolute atomic E-state index is 0.137. The minimum Gasteiger partial charge on any atom is -0.492 e. The lowest BCUT2D eigenvalue weighted by molar-refractivity contribution is -0.137. The van der Waals surface area contributed by atoms with Crippen molar-refractivity contribution in [2.45, 2.75) is 13.1 Å². The normalized spacial score (nSPS) is 11.0. The summed E-state index contributed by atoms with van der Waals surface area (Å²) >= 11 is 10.7. The number of ether oxygens (including phenoxy) is 1. The molecule has 2 N–H and O–H groups in total. The van der Waals surface area contributed by atoms with Crippen LogP contribution in [0.4, 0.5) is 24.5 Å². The second kappa shape index (κ2) is 7.72. The fourth-order valence-corrected chi connectivity index (χ4v) is 2.41. The van der Waals surface area contributed by atoms with E-state index in [9.17, 15) is 13.2 Å². The number of para-hydroxylation sites is 2. The zero-order valence-electron chi connectivity index (χ0n) is 12.6. The zero-order valence-corrected chi connectivity index (χ0v) is 14.1. The summed E-state index contributed by atoms with van der Waals surface area (Å²) in [6.07, 6.45) is -4.54. The topological polar surface area (TPSA) is 33.3 Å². The van der Waals surface area contributed by atoms with Crippen LogP contribution in [0.1, 0.15) is 12.5 Å². The third-order valence-electron chi connectivity index (χ3n) is 2.96. The van der Waals surface area contributed by atoms with Crippen LogP contribution < -0.4 is 15.4 Å². The van der Waals surface area contributed by atoms with Crippen molar-refractivity contribution in [1.29, 1.82) is 0 Å². The molecule has 0 bridgehead atoms. The Hall–Kier alpha value is -1.99. The Kier molecular flexibility index (Phi) is 5.90. The summed E-state index contributed by atoms with van der Waals surface area (Å²) in [5.41, 5.74) is -0.133. The first kappa shape index (κ1) is 18.4. The number of thiocarbonyl (C=S) groups is 1. The predicted octanol–water partition coefficient (Wildman–Crippen LogP) is 5.57. The number of rotatable bonds is 4. The van der Waals surface area contributed by atoms with E-state index in [0.717, 1.165) is 6.07 Å². The van der Waals surface area contributed by atoms with Gasteiger partial charge in [-0.25, -0.2) is 0 Å². The van der Waals surface area contributed by atoms with Gasteiger partial charge in [0.2, 0.25) is 0 Å². The Labute approximate surface area is 147 Å². The zero-order chi connectivity index (χ0) is 17.7. The first-order valence-electron chi connectivity index (χ1n) is 6.98. The third kappa shape index (κ3) is 4.75. The summed E-state index contributed by atoms with van der Waals surface area (Å²) in [6, 6.07) is 10.6. The van der Waals surface area contributed by atoms with Crippen LogP contribution in [-0.4, -0.2) is 11.7 Å². The van der Waals surface area contributed by atoms with Crippen molar-refractivity contribution in [3.8, 4) is 5.75 Å². The molecule has 8 heteroatoms. The molecule has 0 spiro atoms. The Morgan fingerprint density at radius 1 is 1.17 bits per heavy atom. The molecule has 0 saturated heterocycles. The van der Waals surface area contributed by atoms with Crippen molar-refractivity contribution in [2.24, 2.45) is 0 Å². The van der Waals surface area contributed by atoms with Crippen LogP contribution in [0.15, 0.2) is 42.5 Å². The molecular weight excluding hydrogens is 361 g/mol. The van der Waals surface area contributed by atoms with Gasteiger partial charge in [0.15, 0.2) is 5.11 Å². The molecule has 2 aromatic rings. The van der Waals surface area contributed by atoms with Gasteiger partial charge in [0.1, 0.15) is 5.75 Å². The molecule has 0 aromatic heterocycles. The van der Waals surface area contributed by atoms with Crippen LogP contribution in [0.5, 0.6) is 5.75 Å². The number of nitrogens with one attached hydrogen (secondary N) is 2. The molecule has 2 rings (SSSR count). The third-order valence-corrected chi connectivity index (χ3v) is 3.50. The lowest BCUT2D eigenvalue weighted by Crippen LogP contribution is -2.20. The van der Waals surface area contributed by atoms with Gasteiger partial charge in [-0.2, -0.15) is 13.2 Å².